The molecular formula is C15H21ClN2O3. The smallest absolute Gasteiger partial charge is 0.339 e. The third-order valence-electron chi connectivity index (χ3n) is 3.18. The molecule has 1 atom stereocenters. The van der Waals surface area contributed by atoms with Gasteiger partial charge in [-0.15, -0.1) is 0 Å². The first kappa shape index (κ1) is 17.5. The third kappa shape index (κ3) is 5.73. The van der Waals surface area contributed by atoms with E-state index < -0.39 is 5.97 Å². The van der Waals surface area contributed by atoms with Gasteiger partial charge in [0, 0.05) is 12.1 Å². The minimum absolute atomic E-state index is 0.1000. The van der Waals surface area contributed by atoms with Crippen molar-refractivity contribution in [3.8, 4) is 0 Å². The molecule has 1 rings (SSSR count). The van der Waals surface area contributed by atoms with Crippen LogP contribution in [0.25, 0.3) is 0 Å². The largest absolute Gasteiger partial charge is 0.465 e. The topological polar surface area (TPSA) is 81.4 Å². The van der Waals surface area contributed by atoms with Crippen molar-refractivity contribution < 1.29 is 14.3 Å². The van der Waals surface area contributed by atoms with Crippen molar-refractivity contribution in [2.75, 3.05) is 19.0 Å². The number of anilines is 1. The van der Waals surface area contributed by atoms with E-state index in [4.69, 9.17) is 17.3 Å². The lowest BCUT2D eigenvalue weighted by Crippen LogP contribution is -2.14. The molecule has 1 aromatic carbocycles. The molecule has 0 aliphatic carbocycles. The molecule has 21 heavy (non-hydrogen) atoms. The number of amides is 1. The molecule has 0 aliphatic rings. The molecular weight excluding hydrogens is 292 g/mol. The molecule has 1 amide bonds. The van der Waals surface area contributed by atoms with Crippen LogP contribution < -0.4 is 11.1 Å². The molecule has 1 unspecified atom stereocenters. The molecule has 0 heterocycles. The molecule has 6 heteroatoms. The lowest BCUT2D eigenvalue weighted by Gasteiger charge is -2.11. The zero-order chi connectivity index (χ0) is 15.8. The predicted molar refractivity (Wildman–Crippen MR) is 83.5 cm³/mol. The Bertz CT molecular complexity index is 506. The predicted octanol–water partition coefficient (Wildman–Crippen LogP) is 2.83. The van der Waals surface area contributed by atoms with Gasteiger partial charge in [0.1, 0.15) is 0 Å². The average Bonchev–Trinajstić information content (AvgIpc) is 2.46. The Morgan fingerprint density at radius 2 is 2.10 bits per heavy atom. The highest BCUT2D eigenvalue weighted by atomic mass is 35.5. The fourth-order valence-corrected chi connectivity index (χ4v) is 2.09. The lowest BCUT2D eigenvalue weighted by molar-refractivity contribution is -0.116. The first-order valence-corrected chi connectivity index (χ1v) is 7.23. The SMILES string of the molecule is COC(=O)c1cc(NC(=O)CCC(C)CCN)ccc1Cl. The number of rotatable bonds is 7. The van der Waals surface area contributed by atoms with Crippen LogP contribution in [-0.2, 0) is 9.53 Å². The van der Waals surface area contributed by atoms with Gasteiger partial charge in [-0.1, -0.05) is 18.5 Å². The molecule has 0 bridgehead atoms. The molecule has 0 saturated heterocycles. The van der Waals surface area contributed by atoms with Crippen molar-refractivity contribution >= 4 is 29.2 Å². The number of halogens is 1. The van der Waals surface area contributed by atoms with Crippen molar-refractivity contribution in [3.63, 3.8) is 0 Å². The zero-order valence-corrected chi connectivity index (χ0v) is 13.1. The second kappa shape index (κ2) is 8.64. The Hall–Kier alpha value is -1.59. The first-order valence-electron chi connectivity index (χ1n) is 6.85. The van der Waals surface area contributed by atoms with Crippen molar-refractivity contribution in [3.05, 3.63) is 28.8 Å². The van der Waals surface area contributed by atoms with Gasteiger partial charge in [0.2, 0.25) is 5.91 Å². The van der Waals surface area contributed by atoms with Crippen molar-refractivity contribution in [1.82, 2.24) is 0 Å². The van der Waals surface area contributed by atoms with Gasteiger partial charge < -0.3 is 15.8 Å². The summed E-state index contributed by atoms with van der Waals surface area (Å²) in [6.45, 7) is 2.69. The van der Waals surface area contributed by atoms with Gasteiger partial charge in [-0.25, -0.2) is 4.79 Å². The van der Waals surface area contributed by atoms with E-state index in [1.54, 1.807) is 12.1 Å². The maximum Gasteiger partial charge on any atom is 0.339 e. The molecule has 0 fully saturated rings. The second-order valence-electron chi connectivity index (χ2n) is 4.96. The van der Waals surface area contributed by atoms with E-state index in [-0.39, 0.29) is 16.5 Å². The summed E-state index contributed by atoms with van der Waals surface area (Å²) in [6.07, 6.45) is 2.10. The second-order valence-corrected chi connectivity index (χ2v) is 5.36. The number of carbonyl (C=O) groups is 2. The van der Waals surface area contributed by atoms with Crippen LogP contribution >= 0.6 is 11.6 Å². The Labute approximate surface area is 129 Å². The summed E-state index contributed by atoms with van der Waals surface area (Å²) in [5, 5.41) is 3.04. The first-order chi connectivity index (χ1) is 9.97. The third-order valence-corrected chi connectivity index (χ3v) is 3.51. The number of hydrogen-bond donors (Lipinski definition) is 2. The maximum atomic E-state index is 11.9. The van der Waals surface area contributed by atoms with Crippen molar-refractivity contribution in [1.29, 1.82) is 0 Å². The fraction of sp³-hybridized carbons (Fsp3) is 0.467. The van der Waals surface area contributed by atoms with Gasteiger partial charge in [-0.3, -0.25) is 4.79 Å². The standard InChI is InChI=1S/C15H21ClN2O3/c1-10(7-8-17)3-6-14(19)18-11-4-5-13(16)12(9-11)15(20)21-2/h4-5,9-10H,3,6-8,17H2,1-2H3,(H,18,19). The van der Waals surface area contributed by atoms with E-state index in [2.05, 4.69) is 17.0 Å². The monoisotopic (exact) mass is 312 g/mol. The summed E-state index contributed by atoms with van der Waals surface area (Å²) in [6, 6.07) is 4.71. The Morgan fingerprint density at radius 1 is 1.38 bits per heavy atom. The molecule has 0 spiro atoms. The molecule has 0 radical (unpaired) electrons. The number of methoxy groups -OCH3 is 1. The van der Waals surface area contributed by atoms with Crippen molar-refractivity contribution in [2.24, 2.45) is 11.7 Å². The van der Waals surface area contributed by atoms with E-state index in [1.165, 1.54) is 13.2 Å². The van der Waals surface area contributed by atoms with Crippen LogP contribution in [0.1, 0.15) is 36.5 Å². The summed E-state index contributed by atoms with van der Waals surface area (Å²) < 4.78 is 4.64. The van der Waals surface area contributed by atoms with E-state index in [0.29, 0.717) is 24.6 Å². The van der Waals surface area contributed by atoms with Crippen LogP contribution in [0.5, 0.6) is 0 Å². The zero-order valence-electron chi connectivity index (χ0n) is 12.3. The molecule has 0 aliphatic heterocycles. The summed E-state index contributed by atoms with van der Waals surface area (Å²) in [4.78, 5) is 23.4. The highest BCUT2D eigenvalue weighted by molar-refractivity contribution is 6.33. The lowest BCUT2D eigenvalue weighted by atomic mass is 10.0. The van der Waals surface area contributed by atoms with Gasteiger partial charge in [0.05, 0.1) is 17.7 Å². The highest BCUT2D eigenvalue weighted by Gasteiger charge is 2.13. The number of nitrogens with one attached hydrogen (secondary N) is 1. The molecule has 3 N–H and O–H groups in total. The highest BCUT2D eigenvalue weighted by Crippen LogP contribution is 2.21. The van der Waals surface area contributed by atoms with Gasteiger partial charge in [-0.2, -0.15) is 0 Å². The van der Waals surface area contributed by atoms with E-state index >= 15 is 0 Å². The Morgan fingerprint density at radius 3 is 2.71 bits per heavy atom. The number of benzene rings is 1. The summed E-state index contributed by atoms with van der Waals surface area (Å²) >= 11 is 5.92. The Balaban J connectivity index is 2.62. The van der Waals surface area contributed by atoms with E-state index in [1.807, 2.05) is 0 Å². The minimum atomic E-state index is -0.535. The van der Waals surface area contributed by atoms with Crippen LogP contribution in [0.2, 0.25) is 5.02 Å². The number of nitrogens with two attached hydrogens (primary N) is 1. The normalized spacial score (nSPS) is 11.8. The molecule has 1 aromatic rings. The van der Waals surface area contributed by atoms with Gasteiger partial charge in [0.15, 0.2) is 0 Å². The van der Waals surface area contributed by atoms with E-state index in [9.17, 15) is 9.59 Å². The molecule has 5 nitrogen and oxygen atoms in total. The van der Waals surface area contributed by atoms with Gasteiger partial charge >= 0.3 is 5.97 Å². The van der Waals surface area contributed by atoms with Crippen LogP contribution in [0.3, 0.4) is 0 Å². The van der Waals surface area contributed by atoms with Crippen LogP contribution in [0.15, 0.2) is 18.2 Å². The summed E-state index contributed by atoms with van der Waals surface area (Å²) in [5.74, 6) is -0.221. The minimum Gasteiger partial charge on any atom is -0.465 e. The van der Waals surface area contributed by atoms with Crippen LogP contribution in [0, 0.1) is 5.92 Å². The quantitative estimate of drug-likeness (QED) is 0.759. The maximum absolute atomic E-state index is 11.9. The fourth-order valence-electron chi connectivity index (χ4n) is 1.90. The number of esters is 1. The van der Waals surface area contributed by atoms with Gasteiger partial charge in [-0.05, 0) is 43.5 Å². The molecule has 116 valence electrons. The molecule has 0 aromatic heterocycles. The van der Waals surface area contributed by atoms with Crippen molar-refractivity contribution in [2.45, 2.75) is 26.2 Å². The van der Waals surface area contributed by atoms with Gasteiger partial charge in [0.25, 0.3) is 0 Å². The van der Waals surface area contributed by atoms with E-state index in [0.717, 1.165) is 12.8 Å². The van der Waals surface area contributed by atoms with Crippen LogP contribution in [-0.4, -0.2) is 25.5 Å². The number of ether oxygens (including phenoxy) is 1. The Kier molecular flexibility index (Phi) is 7.19. The number of hydrogen-bond acceptors (Lipinski definition) is 4. The summed E-state index contributed by atoms with van der Waals surface area (Å²) in [7, 11) is 1.28. The average molecular weight is 313 g/mol. The number of carbonyl (C=O) groups excluding carboxylic acids is 2. The summed E-state index contributed by atoms with van der Waals surface area (Å²) in [5.41, 5.74) is 6.23. The van der Waals surface area contributed by atoms with Crippen LogP contribution in [0.4, 0.5) is 5.69 Å². The molecule has 0 saturated carbocycles.